The predicted octanol–water partition coefficient (Wildman–Crippen LogP) is 1.47. The van der Waals surface area contributed by atoms with Crippen LogP contribution in [-0.4, -0.2) is 57.8 Å². The minimum atomic E-state index is -3.37. The molecule has 2 aliphatic rings. The highest BCUT2D eigenvalue weighted by atomic mass is 32.2. The molecule has 23 heavy (non-hydrogen) atoms. The highest BCUT2D eigenvalue weighted by Gasteiger charge is 2.29. The first-order valence-corrected chi connectivity index (χ1v) is 10.0. The molecule has 0 spiro atoms. The second-order valence-corrected chi connectivity index (χ2v) is 8.54. The lowest BCUT2D eigenvalue weighted by atomic mass is 10.1. The van der Waals surface area contributed by atoms with Crippen LogP contribution in [0.1, 0.15) is 19.3 Å². The van der Waals surface area contributed by atoms with Crippen LogP contribution < -0.4 is 10.6 Å². The van der Waals surface area contributed by atoms with E-state index in [2.05, 4.69) is 15.5 Å². The van der Waals surface area contributed by atoms with Crippen molar-refractivity contribution in [3.05, 3.63) is 24.0 Å². The Balaban J connectivity index is 1.62. The van der Waals surface area contributed by atoms with Crippen LogP contribution in [0.4, 0.5) is 10.1 Å². The van der Waals surface area contributed by atoms with Crippen molar-refractivity contribution in [2.45, 2.75) is 36.2 Å². The van der Waals surface area contributed by atoms with Gasteiger partial charge in [-0.1, -0.05) is 0 Å². The third-order valence-corrected chi connectivity index (χ3v) is 5.88. The Morgan fingerprint density at radius 2 is 2.00 bits per heavy atom. The van der Waals surface area contributed by atoms with Gasteiger partial charge in [0.2, 0.25) is 0 Å². The zero-order valence-corrected chi connectivity index (χ0v) is 14.2. The fourth-order valence-electron chi connectivity index (χ4n) is 3.47. The molecule has 2 fully saturated rings. The summed E-state index contributed by atoms with van der Waals surface area (Å²) < 4.78 is 37.1. The van der Waals surface area contributed by atoms with E-state index in [1.165, 1.54) is 25.0 Å². The first kappa shape index (κ1) is 16.7. The van der Waals surface area contributed by atoms with Crippen LogP contribution in [0.5, 0.6) is 0 Å². The van der Waals surface area contributed by atoms with E-state index in [4.69, 9.17) is 0 Å². The zero-order valence-electron chi connectivity index (χ0n) is 13.4. The molecule has 0 aromatic heterocycles. The number of hydrogen-bond acceptors (Lipinski definition) is 5. The molecule has 7 heteroatoms. The Kier molecular flexibility index (Phi) is 4.89. The Bertz CT molecular complexity index is 659. The molecule has 1 aromatic rings. The number of nitrogens with one attached hydrogen (secondary N) is 2. The molecule has 0 unspecified atom stereocenters. The number of nitrogens with zero attached hydrogens (tertiary/aromatic N) is 1. The average Bonchev–Trinajstić information content (AvgIpc) is 2.98. The van der Waals surface area contributed by atoms with Crippen molar-refractivity contribution in [3.8, 4) is 0 Å². The van der Waals surface area contributed by atoms with Gasteiger partial charge in [-0.25, -0.2) is 12.8 Å². The van der Waals surface area contributed by atoms with Gasteiger partial charge >= 0.3 is 0 Å². The molecule has 2 aliphatic heterocycles. The summed E-state index contributed by atoms with van der Waals surface area (Å²) in [5.41, 5.74) is 0.384. The number of piperidine rings is 1. The topological polar surface area (TPSA) is 61.4 Å². The number of rotatable bonds is 4. The average molecular weight is 341 g/mol. The Morgan fingerprint density at radius 1 is 1.26 bits per heavy atom. The smallest absolute Gasteiger partial charge is 0.175 e. The maximum Gasteiger partial charge on any atom is 0.175 e. The van der Waals surface area contributed by atoms with E-state index in [1.54, 1.807) is 0 Å². The summed E-state index contributed by atoms with van der Waals surface area (Å²) in [6, 6.07) is 4.92. The highest BCUT2D eigenvalue weighted by Crippen LogP contribution is 2.24. The number of benzene rings is 1. The lowest BCUT2D eigenvalue weighted by Gasteiger charge is -2.31. The number of sulfone groups is 1. The largest absolute Gasteiger partial charge is 0.379 e. The summed E-state index contributed by atoms with van der Waals surface area (Å²) in [4.78, 5) is 2.50. The van der Waals surface area contributed by atoms with Crippen LogP contribution in [0.25, 0.3) is 0 Å². The summed E-state index contributed by atoms with van der Waals surface area (Å²) in [5.74, 6) is -0.506. The summed E-state index contributed by atoms with van der Waals surface area (Å²) >= 11 is 0. The van der Waals surface area contributed by atoms with E-state index in [0.717, 1.165) is 44.9 Å². The molecule has 5 nitrogen and oxygen atoms in total. The van der Waals surface area contributed by atoms with Crippen molar-refractivity contribution in [1.82, 2.24) is 10.2 Å². The molecular weight excluding hydrogens is 317 g/mol. The molecule has 0 aliphatic carbocycles. The van der Waals surface area contributed by atoms with Crippen molar-refractivity contribution < 1.29 is 12.8 Å². The van der Waals surface area contributed by atoms with Gasteiger partial charge < -0.3 is 10.6 Å². The maximum absolute atomic E-state index is 14.1. The van der Waals surface area contributed by atoms with E-state index in [1.807, 2.05) is 0 Å². The van der Waals surface area contributed by atoms with Gasteiger partial charge in [0, 0.05) is 31.4 Å². The first-order chi connectivity index (χ1) is 10.9. The standard InChI is InChI=1S/C16H24FN3O2S/c1-23(21,22)14-2-3-16(15(17)10-14)19-12-6-9-20(11-12)13-4-7-18-8-5-13/h2-3,10,12-13,18-19H,4-9,11H2,1H3/t12-/m0/s1. The van der Waals surface area contributed by atoms with Crippen LogP contribution >= 0.6 is 0 Å². The molecule has 2 saturated heterocycles. The minimum absolute atomic E-state index is 0.0169. The second kappa shape index (κ2) is 6.75. The van der Waals surface area contributed by atoms with Crippen LogP contribution in [0.3, 0.4) is 0 Å². The molecule has 0 amide bonds. The molecule has 0 saturated carbocycles. The predicted molar refractivity (Wildman–Crippen MR) is 89.0 cm³/mol. The third kappa shape index (κ3) is 4.02. The zero-order chi connectivity index (χ0) is 16.4. The van der Waals surface area contributed by atoms with Crippen LogP contribution in [0, 0.1) is 5.82 Å². The second-order valence-electron chi connectivity index (χ2n) is 6.52. The van der Waals surface area contributed by atoms with Crippen LogP contribution in [-0.2, 0) is 9.84 Å². The molecule has 2 heterocycles. The van der Waals surface area contributed by atoms with Crippen LogP contribution in [0.15, 0.2) is 23.1 Å². The van der Waals surface area contributed by atoms with E-state index in [-0.39, 0.29) is 10.9 Å². The van der Waals surface area contributed by atoms with Gasteiger partial charge in [0.1, 0.15) is 5.82 Å². The van der Waals surface area contributed by atoms with Gasteiger partial charge in [-0.15, -0.1) is 0 Å². The summed E-state index contributed by atoms with van der Waals surface area (Å²) in [6.45, 7) is 4.09. The SMILES string of the molecule is CS(=O)(=O)c1ccc(N[C@H]2CCN(C3CCNCC3)C2)c(F)c1. The van der Waals surface area contributed by atoms with Crippen LogP contribution in [0.2, 0.25) is 0 Å². The van der Waals surface area contributed by atoms with E-state index >= 15 is 0 Å². The maximum atomic E-state index is 14.1. The summed E-state index contributed by atoms with van der Waals surface area (Å²) in [6.07, 6.45) is 4.41. The van der Waals surface area contributed by atoms with Crippen molar-refractivity contribution in [3.63, 3.8) is 0 Å². The van der Waals surface area contributed by atoms with Crippen molar-refractivity contribution in [2.75, 3.05) is 37.8 Å². The summed E-state index contributed by atoms with van der Waals surface area (Å²) in [5, 5.41) is 6.60. The molecule has 128 valence electrons. The van der Waals surface area contributed by atoms with Gasteiger partial charge in [-0.2, -0.15) is 0 Å². The molecule has 0 radical (unpaired) electrons. The number of hydrogen-bond donors (Lipinski definition) is 2. The van der Waals surface area contributed by atoms with Crippen molar-refractivity contribution >= 4 is 15.5 Å². The highest BCUT2D eigenvalue weighted by molar-refractivity contribution is 7.90. The lowest BCUT2D eigenvalue weighted by Crippen LogP contribution is -2.42. The number of anilines is 1. The normalized spacial score (nSPS) is 24.0. The lowest BCUT2D eigenvalue weighted by molar-refractivity contribution is 0.197. The van der Waals surface area contributed by atoms with Gasteiger partial charge in [0.15, 0.2) is 9.84 Å². The number of halogens is 1. The fraction of sp³-hybridized carbons (Fsp3) is 0.625. The molecular formula is C16H24FN3O2S. The fourth-order valence-corrected chi connectivity index (χ4v) is 4.10. The Morgan fingerprint density at radius 3 is 2.65 bits per heavy atom. The molecule has 1 atom stereocenters. The molecule has 2 N–H and O–H groups in total. The monoisotopic (exact) mass is 341 g/mol. The van der Waals surface area contributed by atoms with Gasteiger partial charge in [-0.3, -0.25) is 4.90 Å². The quantitative estimate of drug-likeness (QED) is 0.868. The minimum Gasteiger partial charge on any atom is -0.379 e. The molecule has 0 bridgehead atoms. The van der Waals surface area contributed by atoms with E-state index in [0.29, 0.717) is 11.7 Å². The molecule has 3 rings (SSSR count). The Hall–Kier alpha value is -1.18. The van der Waals surface area contributed by atoms with Crippen molar-refractivity contribution in [1.29, 1.82) is 0 Å². The van der Waals surface area contributed by atoms with Gasteiger partial charge in [0.05, 0.1) is 10.6 Å². The molecule has 1 aromatic carbocycles. The van der Waals surface area contributed by atoms with E-state index in [9.17, 15) is 12.8 Å². The van der Waals surface area contributed by atoms with Gasteiger partial charge in [-0.05, 0) is 50.6 Å². The Labute approximate surface area is 137 Å². The summed E-state index contributed by atoms with van der Waals surface area (Å²) in [7, 11) is -3.37. The first-order valence-electron chi connectivity index (χ1n) is 8.14. The van der Waals surface area contributed by atoms with Crippen molar-refractivity contribution in [2.24, 2.45) is 0 Å². The van der Waals surface area contributed by atoms with Gasteiger partial charge in [0.25, 0.3) is 0 Å². The third-order valence-electron chi connectivity index (χ3n) is 4.77. The van der Waals surface area contributed by atoms with E-state index < -0.39 is 15.7 Å². The number of likely N-dealkylation sites (tertiary alicyclic amines) is 1.